The second kappa shape index (κ2) is 6.99. The predicted octanol–water partition coefficient (Wildman–Crippen LogP) is 3.15. The average molecular weight is 385 g/mol. The molecule has 1 aromatic heterocycles. The topological polar surface area (TPSA) is 94.0 Å². The van der Waals surface area contributed by atoms with Gasteiger partial charge in [-0.25, -0.2) is 0 Å². The highest BCUT2D eigenvalue weighted by Crippen LogP contribution is 2.44. The van der Waals surface area contributed by atoms with Gasteiger partial charge in [0.1, 0.15) is 17.2 Å². The smallest absolute Gasteiger partial charge is 0.269 e. The minimum absolute atomic E-state index is 0.00704. The SMILES string of the molecule is N#CN1C[C@H](NC(=O)c2cc(-c3ccccc3Oc3ccccc3)n[nH]2)C2C[C@H]21. The van der Waals surface area contributed by atoms with Crippen LogP contribution in [0.3, 0.4) is 0 Å². The zero-order valence-electron chi connectivity index (χ0n) is 15.6. The Morgan fingerprint density at radius 2 is 2.00 bits per heavy atom. The fourth-order valence-corrected chi connectivity index (χ4v) is 3.95. The molecular weight excluding hydrogens is 366 g/mol. The molecule has 0 spiro atoms. The van der Waals surface area contributed by atoms with E-state index in [0.717, 1.165) is 17.7 Å². The number of benzene rings is 2. The Morgan fingerprint density at radius 3 is 2.79 bits per heavy atom. The quantitative estimate of drug-likeness (QED) is 0.658. The van der Waals surface area contributed by atoms with Gasteiger partial charge in [0.2, 0.25) is 0 Å². The van der Waals surface area contributed by atoms with E-state index >= 15 is 0 Å². The average Bonchev–Trinajstić information content (AvgIpc) is 3.25. The van der Waals surface area contributed by atoms with Gasteiger partial charge in [-0.2, -0.15) is 10.4 Å². The fourth-order valence-electron chi connectivity index (χ4n) is 3.95. The number of hydrogen-bond acceptors (Lipinski definition) is 5. The summed E-state index contributed by atoms with van der Waals surface area (Å²) in [6.07, 6.45) is 3.17. The molecule has 29 heavy (non-hydrogen) atoms. The number of hydrogen-bond donors (Lipinski definition) is 2. The highest BCUT2D eigenvalue weighted by Gasteiger charge is 2.54. The summed E-state index contributed by atoms with van der Waals surface area (Å²) in [5, 5.41) is 19.3. The Kier molecular flexibility index (Phi) is 4.17. The predicted molar refractivity (Wildman–Crippen MR) is 106 cm³/mol. The van der Waals surface area contributed by atoms with Crippen LogP contribution in [0.2, 0.25) is 0 Å². The Labute approximate surface area is 167 Å². The standard InChI is InChI=1S/C22H19N5O2/c23-13-27-12-19(16-10-20(16)27)24-22(28)18-11-17(25-26-18)15-8-4-5-9-21(15)29-14-6-2-1-3-7-14/h1-9,11,16,19-20H,10,12H2,(H,24,28)(H,25,26)/t16?,19-,20+/m0/s1. The molecule has 1 unspecified atom stereocenters. The lowest BCUT2D eigenvalue weighted by atomic mass is 10.1. The van der Waals surface area contributed by atoms with Crippen molar-refractivity contribution < 1.29 is 9.53 Å². The lowest BCUT2D eigenvalue weighted by Gasteiger charge is -2.15. The van der Waals surface area contributed by atoms with Crippen molar-refractivity contribution in [2.45, 2.75) is 18.5 Å². The van der Waals surface area contributed by atoms with Crippen LogP contribution in [0.25, 0.3) is 11.3 Å². The number of H-pyrrole nitrogens is 1. The number of amides is 1. The first-order valence-electron chi connectivity index (χ1n) is 9.58. The first-order chi connectivity index (χ1) is 14.2. The third-order valence-electron chi connectivity index (χ3n) is 5.52. The van der Waals surface area contributed by atoms with E-state index in [4.69, 9.17) is 10.00 Å². The molecule has 1 saturated heterocycles. The van der Waals surface area contributed by atoms with Crippen LogP contribution in [0.15, 0.2) is 60.7 Å². The summed E-state index contributed by atoms with van der Waals surface area (Å²) in [4.78, 5) is 14.4. The molecule has 2 fully saturated rings. The van der Waals surface area contributed by atoms with E-state index in [1.807, 2.05) is 54.6 Å². The van der Waals surface area contributed by atoms with Gasteiger partial charge in [-0.1, -0.05) is 30.3 Å². The molecule has 2 N–H and O–H groups in total. The molecule has 7 nitrogen and oxygen atoms in total. The normalized spacial score (nSPS) is 21.9. The van der Waals surface area contributed by atoms with Gasteiger partial charge in [-0.05, 0) is 36.8 Å². The molecule has 2 aromatic carbocycles. The molecule has 2 aliphatic rings. The molecule has 7 heteroatoms. The summed E-state index contributed by atoms with van der Waals surface area (Å²) < 4.78 is 5.99. The van der Waals surface area contributed by atoms with Crippen molar-refractivity contribution in [2.24, 2.45) is 5.92 Å². The van der Waals surface area contributed by atoms with E-state index in [1.54, 1.807) is 11.0 Å². The van der Waals surface area contributed by atoms with Crippen LogP contribution in [0.5, 0.6) is 11.5 Å². The Balaban J connectivity index is 1.33. The number of carbonyl (C=O) groups is 1. The maximum absolute atomic E-state index is 12.7. The first-order valence-corrected chi connectivity index (χ1v) is 9.58. The van der Waals surface area contributed by atoms with E-state index in [1.165, 1.54) is 0 Å². The summed E-state index contributed by atoms with van der Waals surface area (Å²) in [7, 11) is 0. The molecule has 1 aliphatic carbocycles. The molecule has 1 amide bonds. The highest BCUT2D eigenvalue weighted by molar-refractivity contribution is 5.93. The van der Waals surface area contributed by atoms with Crippen molar-refractivity contribution >= 4 is 5.91 Å². The van der Waals surface area contributed by atoms with Crippen molar-refractivity contribution in [2.75, 3.05) is 6.54 Å². The van der Waals surface area contributed by atoms with E-state index in [2.05, 4.69) is 21.7 Å². The van der Waals surface area contributed by atoms with Gasteiger partial charge in [0.05, 0.1) is 11.7 Å². The van der Waals surface area contributed by atoms with Gasteiger partial charge in [0, 0.05) is 24.1 Å². The van der Waals surface area contributed by atoms with Gasteiger partial charge in [0.15, 0.2) is 6.19 Å². The molecule has 1 saturated carbocycles. The van der Waals surface area contributed by atoms with Gasteiger partial charge in [-0.15, -0.1) is 0 Å². The monoisotopic (exact) mass is 385 g/mol. The van der Waals surface area contributed by atoms with E-state index in [9.17, 15) is 4.79 Å². The first kappa shape index (κ1) is 17.3. The summed E-state index contributed by atoms with van der Waals surface area (Å²) in [6, 6.07) is 19.1. The number of aromatic nitrogens is 2. The second-order valence-electron chi connectivity index (χ2n) is 7.38. The molecule has 3 aromatic rings. The van der Waals surface area contributed by atoms with Crippen LogP contribution in [0.4, 0.5) is 0 Å². The molecular formula is C22H19N5O2. The van der Waals surface area contributed by atoms with Gasteiger partial charge >= 0.3 is 0 Å². The number of likely N-dealkylation sites (tertiary alicyclic amines) is 1. The second-order valence-corrected chi connectivity index (χ2v) is 7.38. The zero-order valence-corrected chi connectivity index (χ0v) is 15.6. The van der Waals surface area contributed by atoms with E-state index in [-0.39, 0.29) is 11.9 Å². The molecule has 144 valence electrons. The number of para-hydroxylation sites is 2. The van der Waals surface area contributed by atoms with Crippen LogP contribution >= 0.6 is 0 Å². The minimum atomic E-state index is -0.208. The Morgan fingerprint density at radius 1 is 1.21 bits per heavy atom. The van der Waals surface area contributed by atoms with Crippen LogP contribution in [-0.4, -0.2) is 39.6 Å². The largest absolute Gasteiger partial charge is 0.457 e. The maximum Gasteiger partial charge on any atom is 0.269 e. The van der Waals surface area contributed by atoms with Crippen LogP contribution in [0.1, 0.15) is 16.9 Å². The highest BCUT2D eigenvalue weighted by atomic mass is 16.5. The molecule has 0 radical (unpaired) electrons. The molecule has 5 rings (SSSR count). The van der Waals surface area contributed by atoms with Crippen molar-refractivity contribution in [1.29, 1.82) is 5.26 Å². The Hall–Kier alpha value is -3.79. The number of nitrogens with zero attached hydrogens (tertiary/aromatic N) is 3. The number of fused-ring (bicyclic) bond motifs is 1. The van der Waals surface area contributed by atoms with Crippen LogP contribution < -0.4 is 10.1 Å². The number of nitriles is 1. The summed E-state index contributed by atoms with van der Waals surface area (Å²) >= 11 is 0. The number of nitrogens with one attached hydrogen (secondary N) is 2. The summed E-state index contributed by atoms with van der Waals surface area (Å²) in [5.41, 5.74) is 1.82. The zero-order chi connectivity index (χ0) is 19.8. The third-order valence-corrected chi connectivity index (χ3v) is 5.52. The van der Waals surface area contributed by atoms with Gasteiger partial charge < -0.3 is 15.0 Å². The maximum atomic E-state index is 12.7. The van der Waals surface area contributed by atoms with E-state index < -0.39 is 0 Å². The van der Waals surface area contributed by atoms with Crippen LogP contribution in [-0.2, 0) is 0 Å². The van der Waals surface area contributed by atoms with Crippen molar-refractivity contribution in [3.05, 3.63) is 66.4 Å². The fraction of sp³-hybridized carbons (Fsp3) is 0.227. The van der Waals surface area contributed by atoms with Gasteiger partial charge in [0.25, 0.3) is 5.91 Å². The van der Waals surface area contributed by atoms with Crippen molar-refractivity contribution in [1.82, 2.24) is 20.4 Å². The van der Waals surface area contributed by atoms with Crippen molar-refractivity contribution in [3.8, 4) is 28.9 Å². The molecule has 3 atom stereocenters. The lowest BCUT2D eigenvalue weighted by molar-refractivity contribution is 0.0928. The van der Waals surface area contributed by atoms with E-state index in [0.29, 0.717) is 35.6 Å². The number of rotatable bonds is 5. The summed E-state index contributed by atoms with van der Waals surface area (Å²) in [6.45, 7) is 0.576. The molecule has 2 heterocycles. The number of piperidine rings is 1. The molecule has 1 aliphatic heterocycles. The summed E-state index contributed by atoms with van der Waals surface area (Å²) in [5.74, 6) is 1.57. The number of ether oxygens (including phenoxy) is 1. The number of carbonyl (C=O) groups excluding carboxylic acids is 1. The number of aromatic amines is 1. The molecule has 0 bridgehead atoms. The van der Waals surface area contributed by atoms with Gasteiger partial charge in [-0.3, -0.25) is 9.89 Å². The van der Waals surface area contributed by atoms with Crippen LogP contribution in [0, 0.1) is 17.4 Å². The van der Waals surface area contributed by atoms with Crippen molar-refractivity contribution in [3.63, 3.8) is 0 Å². The lowest BCUT2D eigenvalue weighted by Crippen LogP contribution is -2.39. The Bertz CT molecular complexity index is 1090. The minimum Gasteiger partial charge on any atom is -0.457 e. The third kappa shape index (κ3) is 3.29.